The van der Waals surface area contributed by atoms with Crippen LogP contribution in [0.5, 0.6) is 0 Å². The topological polar surface area (TPSA) is 20.3 Å². The second-order valence-electron chi connectivity index (χ2n) is 3.12. The molecule has 0 saturated carbocycles. The van der Waals surface area contributed by atoms with Crippen molar-refractivity contribution < 1.29 is 4.79 Å². The van der Waals surface area contributed by atoms with Crippen LogP contribution in [0.1, 0.15) is 17.8 Å². The van der Waals surface area contributed by atoms with E-state index in [4.69, 9.17) is 0 Å². The van der Waals surface area contributed by atoms with E-state index in [1.54, 1.807) is 18.3 Å². The van der Waals surface area contributed by atoms with Crippen molar-refractivity contribution >= 4 is 33.0 Å². The van der Waals surface area contributed by atoms with E-state index < -0.39 is 0 Å². The first kappa shape index (κ1) is 10.9. The van der Waals surface area contributed by atoms with E-state index in [1.165, 1.54) is 0 Å². The fraction of sp³-hybridized carbons (Fsp3) is 0.444. The van der Waals surface area contributed by atoms with Gasteiger partial charge in [0.15, 0.2) is 5.78 Å². The summed E-state index contributed by atoms with van der Waals surface area (Å²) in [6.07, 6.45) is 0. The Morgan fingerprint density at radius 1 is 1.54 bits per heavy atom. The highest BCUT2D eigenvalue weighted by atomic mass is 79.9. The first-order valence-electron chi connectivity index (χ1n) is 3.94. The zero-order chi connectivity index (χ0) is 10.0. The molecule has 0 aliphatic heterocycles. The van der Waals surface area contributed by atoms with E-state index in [1.807, 2.05) is 31.1 Å². The van der Waals surface area contributed by atoms with E-state index in [9.17, 15) is 4.79 Å². The van der Waals surface area contributed by atoms with Crippen molar-refractivity contribution in [2.45, 2.75) is 13.0 Å². The molecule has 0 bridgehead atoms. The van der Waals surface area contributed by atoms with Crippen LogP contribution in [-0.2, 0) is 4.79 Å². The number of Topliss-reactive ketones (excluding diaryl/α,β-unsaturated/α-hetero) is 1. The number of hydrogen-bond donors (Lipinski definition) is 0. The predicted octanol–water partition coefficient (Wildman–Crippen LogP) is 2.70. The summed E-state index contributed by atoms with van der Waals surface area (Å²) >= 11 is 4.99. The van der Waals surface area contributed by atoms with E-state index in [0.29, 0.717) is 0 Å². The van der Waals surface area contributed by atoms with Gasteiger partial charge in [-0.3, -0.25) is 9.69 Å². The maximum Gasteiger partial charge on any atom is 0.152 e. The second-order valence-corrected chi connectivity index (χ2v) is 5.61. The Kier molecular flexibility index (Phi) is 3.64. The molecule has 0 amide bonds. The lowest BCUT2D eigenvalue weighted by atomic mass is 10.1. The van der Waals surface area contributed by atoms with Crippen LogP contribution in [0, 0.1) is 0 Å². The van der Waals surface area contributed by atoms with Crippen molar-refractivity contribution in [2.75, 3.05) is 14.1 Å². The monoisotopic (exact) mass is 261 g/mol. The number of halogens is 1. The Labute approximate surface area is 90.7 Å². The summed E-state index contributed by atoms with van der Waals surface area (Å²) in [5.74, 6) is 0.180. The van der Waals surface area contributed by atoms with Crippen LogP contribution in [0.25, 0.3) is 0 Å². The number of likely N-dealkylation sites (N-methyl/N-ethyl adjacent to an activating group) is 1. The van der Waals surface area contributed by atoms with Gasteiger partial charge in [0.05, 0.1) is 3.79 Å². The number of carbonyl (C=O) groups excluding carboxylic acids is 1. The fourth-order valence-electron chi connectivity index (χ4n) is 1.29. The molecule has 1 aromatic heterocycles. The third-order valence-corrected chi connectivity index (χ3v) is 3.44. The highest BCUT2D eigenvalue weighted by Crippen LogP contribution is 2.30. The molecule has 0 aliphatic rings. The van der Waals surface area contributed by atoms with Gasteiger partial charge >= 0.3 is 0 Å². The van der Waals surface area contributed by atoms with Crippen molar-refractivity contribution in [1.82, 2.24) is 4.90 Å². The fourth-order valence-corrected chi connectivity index (χ4v) is 2.97. The van der Waals surface area contributed by atoms with Crippen molar-refractivity contribution in [3.8, 4) is 0 Å². The first-order chi connectivity index (χ1) is 6.02. The molecule has 1 rings (SSSR count). The number of carbonyl (C=O) groups is 1. The van der Waals surface area contributed by atoms with E-state index in [-0.39, 0.29) is 11.8 Å². The van der Waals surface area contributed by atoms with Crippen molar-refractivity contribution in [1.29, 1.82) is 0 Å². The minimum absolute atomic E-state index is 0.101. The Hall–Kier alpha value is -0.190. The molecule has 1 heterocycles. The third kappa shape index (κ3) is 2.62. The maximum atomic E-state index is 11.3. The second kappa shape index (κ2) is 4.35. The summed E-state index contributed by atoms with van der Waals surface area (Å²) in [5, 5.41) is 0. The predicted molar refractivity (Wildman–Crippen MR) is 59.1 cm³/mol. The van der Waals surface area contributed by atoms with E-state index >= 15 is 0 Å². The Balaban J connectivity index is 2.95. The molecule has 0 radical (unpaired) electrons. The molecule has 2 nitrogen and oxygen atoms in total. The van der Waals surface area contributed by atoms with Crippen LogP contribution in [-0.4, -0.2) is 24.8 Å². The first-order valence-corrected chi connectivity index (χ1v) is 5.55. The molecular weight excluding hydrogens is 250 g/mol. The lowest BCUT2D eigenvalue weighted by Crippen LogP contribution is -2.24. The molecular formula is C9H12BrNOS. The van der Waals surface area contributed by atoms with Gasteiger partial charge in [-0.05, 0) is 49.1 Å². The van der Waals surface area contributed by atoms with Crippen LogP contribution in [0.4, 0.5) is 0 Å². The molecule has 13 heavy (non-hydrogen) atoms. The van der Waals surface area contributed by atoms with Crippen LogP contribution in [0.15, 0.2) is 15.9 Å². The van der Waals surface area contributed by atoms with Gasteiger partial charge in [-0.2, -0.15) is 0 Å². The molecule has 0 spiro atoms. The Morgan fingerprint density at radius 2 is 2.15 bits per heavy atom. The zero-order valence-electron chi connectivity index (χ0n) is 7.87. The number of thiophene rings is 1. The van der Waals surface area contributed by atoms with Crippen molar-refractivity contribution in [3.63, 3.8) is 0 Å². The largest absolute Gasteiger partial charge is 0.298 e. The van der Waals surface area contributed by atoms with Gasteiger partial charge < -0.3 is 0 Å². The highest BCUT2D eigenvalue weighted by Gasteiger charge is 2.20. The zero-order valence-corrected chi connectivity index (χ0v) is 10.3. The number of hydrogen-bond acceptors (Lipinski definition) is 3. The normalized spacial score (nSPS) is 13.3. The molecule has 0 saturated heterocycles. The summed E-state index contributed by atoms with van der Waals surface area (Å²) in [5.41, 5.74) is 0. The number of rotatable bonds is 3. The molecule has 0 aromatic carbocycles. The molecule has 0 N–H and O–H groups in total. The lowest BCUT2D eigenvalue weighted by molar-refractivity contribution is -0.121. The van der Waals surface area contributed by atoms with Crippen LogP contribution >= 0.6 is 27.3 Å². The summed E-state index contributed by atoms with van der Waals surface area (Å²) in [7, 11) is 3.83. The summed E-state index contributed by atoms with van der Waals surface area (Å²) in [4.78, 5) is 14.4. The SMILES string of the molecule is CC(=O)C(c1ccc(Br)s1)N(C)C. The van der Waals surface area contributed by atoms with Gasteiger partial charge in [-0.15, -0.1) is 11.3 Å². The quantitative estimate of drug-likeness (QED) is 0.834. The molecule has 1 aromatic rings. The summed E-state index contributed by atoms with van der Waals surface area (Å²) in [6.45, 7) is 1.62. The average Bonchev–Trinajstić information content (AvgIpc) is 2.34. The lowest BCUT2D eigenvalue weighted by Gasteiger charge is -2.19. The van der Waals surface area contributed by atoms with Crippen LogP contribution in [0.3, 0.4) is 0 Å². The van der Waals surface area contributed by atoms with Crippen LogP contribution < -0.4 is 0 Å². The molecule has 1 atom stereocenters. The average molecular weight is 262 g/mol. The maximum absolute atomic E-state index is 11.3. The summed E-state index contributed by atoms with van der Waals surface area (Å²) < 4.78 is 1.07. The Morgan fingerprint density at radius 3 is 2.46 bits per heavy atom. The van der Waals surface area contributed by atoms with Gasteiger partial charge in [0.1, 0.15) is 6.04 Å². The molecule has 0 fully saturated rings. The third-order valence-electron chi connectivity index (χ3n) is 1.76. The smallest absolute Gasteiger partial charge is 0.152 e. The Bertz CT molecular complexity index is 308. The molecule has 1 unspecified atom stereocenters. The highest BCUT2D eigenvalue weighted by molar-refractivity contribution is 9.11. The van der Waals surface area contributed by atoms with Gasteiger partial charge in [-0.1, -0.05) is 0 Å². The van der Waals surface area contributed by atoms with E-state index in [2.05, 4.69) is 15.9 Å². The van der Waals surface area contributed by atoms with Gasteiger partial charge in [0.25, 0.3) is 0 Å². The number of ketones is 1. The van der Waals surface area contributed by atoms with E-state index in [0.717, 1.165) is 8.66 Å². The minimum Gasteiger partial charge on any atom is -0.298 e. The molecule has 4 heteroatoms. The van der Waals surface area contributed by atoms with Gasteiger partial charge in [-0.25, -0.2) is 0 Å². The van der Waals surface area contributed by atoms with Crippen molar-refractivity contribution in [2.24, 2.45) is 0 Å². The van der Waals surface area contributed by atoms with Crippen LogP contribution in [0.2, 0.25) is 0 Å². The van der Waals surface area contributed by atoms with Gasteiger partial charge in [0.2, 0.25) is 0 Å². The number of nitrogens with zero attached hydrogens (tertiary/aromatic N) is 1. The minimum atomic E-state index is -0.101. The van der Waals surface area contributed by atoms with Crippen molar-refractivity contribution in [3.05, 3.63) is 20.8 Å². The molecule has 72 valence electrons. The standard InChI is InChI=1S/C9H12BrNOS/c1-6(12)9(11(2)3)7-4-5-8(10)13-7/h4-5,9H,1-3H3. The molecule has 0 aliphatic carbocycles. The van der Waals surface area contributed by atoms with Gasteiger partial charge in [0, 0.05) is 4.88 Å². The summed E-state index contributed by atoms with van der Waals surface area (Å²) in [6, 6.07) is 3.86.